The smallest absolute Gasteiger partial charge is 0.306 e. The SMILES string of the molecule is CC/C=C\C/C=C\C/C=C\C/C=C\C/C=C\C/C=C\CCCCCCCCC(=O)OC(COC(=O)CCCCCCCCC/C=C\C/C=C\CCCCCC)COP(=O)([O-])OCC[N+](C)(C)C. The number of carbonyl (C=O) groups excluding carboxylic acids is 2. The molecule has 0 saturated carbocycles. The molecule has 2 unspecified atom stereocenters. The summed E-state index contributed by atoms with van der Waals surface area (Å²) in [6, 6.07) is 0. The fourth-order valence-electron chi connectivity index (χ4n) is 6.75. The summed E-state index contributed by atoms with van der Waals surface area (Å²) in [6.07, 6.45) is 64.3. The molecule has 0 radical (unpaired) electrons. The van der Waals surface area contributed by atoms with E-state index in [1.54, 1.807) is 0 Å². The molecule has 2 atom stereocenters. The van der Waals surface area contributed by atoms with Gasteiger partial charge in [-0.25, -0.2) is 0 Å². The van der Waals surface area contributed by atoms with Crippen molar-refractivity contribution in [3.05, 3.63) is 97.2 Å². The number of likely N-dealkylation sites (N-methyl/N-ethyl adjacent to an activating group) is 1. The van der Waals surface area contributed by atoms with Crippen molar-refractivity contribution in [2.24, 2.45) is 0 Å². The molecule has 0 aliphatic rings. The van der Waals surface area contributed by atoms with Crippen LogP contribution in [-0.4, -0.2) is 70.0 Å². The predicted molar refractivity (Wildman–Crippen MR) is 282 cm³/mol. The third-order valence-electron chi connectivity index (χ3n) is 10.8. The Bertz CT molecular complexity index is 1450. The Morgan fingerprint density at radius 3 is 1.27 bits per heavy atom. The van der Waals surface area contributed by atoms with Gasteiger partial charge in [0.05, 0.1) is 27.7 Å². The molecule has 0 aliphatic heterocycles. The Balaban J connectivity index is 4.31. The zero-order valence-electron chi connectivity index (χ0n) is 43.3. The Kier molecular flexibility index (Phi) is 45.8. The third-order valence-corrected chi connectivity index (χ3v) is 11.8. The molecule has 0 heterocycles. The number of ether oxygens (including phenoxy) is 2. The second kappa shape index (κ2) is 48.0. The van der Waals surface area contributed by atoms with Crippen LogP contribution in [0.4, 0.5) is 0 Å². The van der Waals surface area contributed by atoms with Crippen molar-refractivity contribution in [2.45, 2.75) is 206 Å². The molecule has 384 valence electrons. The number of allylic oxidation sites excluding steroid dienone is 16. The van der Waals surface area contributed by atoms with E-state index in [2.05, 4.69) is 111 Å². The molecule has 0 fully saturated rings. The number of unbranched alkanes of at least 4 members (excludes halogenated alkanes) is 17. The van der Waals surface area contributed by atoms with Crippen LogP contribution in [-0.2, 0) is 32.7 Å². The maximum atomic E-state index is 12.8. The lowest BCUT2D eigenvalue weighted by molar-refractivity contribution is -0.870. The zero-order valence-corrected chi connectivity index (χ0v) is 44.2. The standard InChI is InChI=1S/C57H98NO8P/c1-6-8-10-12-14-16-18-20-22-24-26-27-28-29-30-31-32-34-36-38-40-42-44-46-48-50-57(60)66-55(54-65-67(61,62)64-52-51-58(3,4)5)53-63-56(59)49-47-45-43-41-39-37-35-33-25-23-21-19-17-15-13-11-9-7-2/h8,10,14,16-17,19-20,22-23,25-27,29-30,32,34,55H,6-7,9,11-13,15,18,21,24,28,31,33,35-54H2,1-5H3/b10-8-,16-14-,19-17-,22-20-,25-23-,27-26-,30-29-,34-32-. The number of carbonyl (C=O) groups is 2. The predicted octanol–water partition coefficient (Wildman–Crippen LogP) is 15.5. The van der Waals surface area contributed by atoms with Crippen LogP contribution in [0.15, 0.2) is 97.2 Å². The highest BCUT2D eigenvalue weighted by atomic mass is 31.2. The molecule has 0 saturated heterocycles. The zero-order chi connectivity index (χ0) is 49.2. The molecule has 0 amide bonds. The van der Waals surface area contributed by atoms with Gasteiger partial charge in [-0.1, -0.05) is 188 Å². The van der Waals surface area contributed by atoms with Crippen LogP contribution in [0.3, 0.4) is 0 Å². The minimum atomic E-state index is -4.65. The van der Waals surface area contributed by atoms with Crippen LogP contribution in [0.1, 0.15) is 200 Å². The number of hydrogen-bond acceptors (Lipinski definition) is 8. The van der Waals surface area contributed by atoms with Gasteiger partial charge in [-0.05, 0) is 96.3 Å². The molecule has 67 heavy (non-hydrogen) atoms. The summed E-state index contributed by atoms with van der Waals surface area (Å²) in [5, 5.41) is 0. The number of hydrogen-bond donors (Lipinski definition) is 0. The second-order valence-electron chi connectivity index (χ2n) is 18.5. The van der Waals surface area contributed by atoms with Gasteiger partial charge in [0.2, 0.25) is 0 Å². The van der Waals surface area contributed by atoms with Gasteiger partial charge < -0.3 is 27.9 Å². The van der Waals surface area contributed by atoms with Gasteiger partial charge in [0.15, 0.2) is 6.10 Å². The highest BCUT2D eigenvalue weighted by Crippen LogP contribution is 2.38. The fraction of sp³-hybridized carbons (Fsp3) is 0.684. The van der Waals surface area contributed by atoms with Gasteiger partial charge in [0.25, 0.3) is 7.82 Å². The molecule has 0 bridgehead atoms. The average molecular weight is 956 g/mol. The van der Waals surface area contributed by atoms with Gasteiger partial charge in [0.1, 0.15) is 19.8 Å². The van der Waals surface area contributed by atoms with E-state index in [9.17, 15) is 19.0 Å². The number of rotatable bonds is 47. The second-order valence-corrected chi connectivity index (χ2v) is 19.9. The maximum Gasteiger partial charge on any atom is 0.306 e. The number of esters is 2. The quantitative estimate of drug-likeness (QED) is 0.0195. The Morgan fingerprint density at radius 2 is 0.851 bits per heavy atom. The third kappa shape index (κ3) is 52.2. The molecular weight excluding hydrogens is 858 g/mol. The molecule has 0 aromatic rings. The molecule has 0 N–H and O–H groups in total. The van der Waals surface area contributed by atoms with E-state index in [0.29, 0.717) is 23.9 Å². The topological polar surface area (TPSA) is 111 Å². The van der Waals surface area contributed by atoms with E-state index < -0.39 is 32.5 Å². The Labute approximate surface area is 411 Å². The van der Waals surface area contributed by atoms with Gasteiger partial charge in [-0.2, -0.15) is 0 Å². The van der Waals surface area contributed by atoms with Crippen molar-refractivity contribution in [1.29, 1.82) is 0 Å². The van der Waals surface area contributed by atoms with E-state index >= 15 is 0 Å². The van der Waals surface area contributed by atoms with E-state index in [1.807, 2.05) is 21.1 Å². The number of quaternary nitrogens is 1. The van der Waals surface area contributed by atoms with Gasteiger partial charge in [0, 0.05) is 12.8 Å². The Hall–Kier alpha value is -3.07. The van der Waals surface area contributed by atoms with Crippen LogP contribution in [0, 0.1) is 0 Å². The number of phosphoric acid groups is 1. The number of phosphoric ester groups is 1. The normalized spacial score (nSPS) is 14.2. The van der Waals surface area contributed by atoms with Crippen molar-refractivity contribution in [2.75, 3.05) is 47.5 Å². The van der Waals surface area contributed by atoms with Crippen LogP contribution < -0.4 is 4.89 Å². The van der Waals surface area contributed by atoms with Gasteiger partial charge in [-0.15, -0.1) is 0 Å². The lowest BCUT2D eigenvalue weighted by Crippen LogP contribution is -2.37. The van der Waals surface area contributed by atoms with E-state index in [0.717, 1.165) is 109 Å². The van der Waals surface area contributed by atoms with Crippen LogP contribution >= 0.6 is 7.82 Å². The maximum absolute atomic E-state index is 12.8. The van der Waals surface area contributed by atoms with E-state index in [1.165, 1.54) is 51.4 Å². The minimum absolute atomic E-state index is 0.0407. The first-order valence-electron chi connectivity index (χ1n) is 26.4. The van der Waals surface area contributed by atoms with Crippen LogP contribution in [0.2, 0.25) is 0 Å². The van der Waals surface area contributed by atoms with Gasteiger partial charge in [-0.3, -0.25) is 14.2 Å². The molecule has 0 aromatic heterocycles. The average Bonchev–Trinajstić information content (AvgIpc) is 3.29. The van der Waals surface area contributed by atoms with Crippen molar-refractivity contribution in [1.82, 2.24) is 0 Å². The molecular formula is C57H98NO8P. The number of nitrogens with zero attached hydrogens (tertiary/aromatic N) is 1. The van der Waals surface area contributed by atoms with Crippen molar-refractivity contribution in [3.63, 3.8) is 0 Å². The molecule has 0 aliphatic carbocycles. The molecule has 0 spiro atoms. The highest BCUT2D eigenvalue weighted by molar-refractivity contribution is 7.45. The molecule has 0 rings (SSSR count). The van der Waals surface area contributed by atoms with Crippen molar-refractivity contribution >= 4 is 19.8 Å². The van der Waals surface area contributed by atoms with Crippen LogP contribution in [0.25, 0.3) is 0 Å². The first-order chi connectivity index (χ1) is 32.5. The summed E-state index contributed by atoms with van der Waals surface area (Å²) < 4.78 is 34.1. The molecule has 0 aromatic carbocycles. The molecule has 9 nitrogen and oxygen atoms in total. The summed E-state index contributed by atoms with van der Waals surface area (Å²) in [5.74, 6) is -0.866. The first-order valence-corrected chi connectivity index (χ1v) is 27.9. The highest BCUT2D eigenvalue weighted by Gasteiger charge is 2.21. The minimum Gasteiger partial charge on any atom is -0.756 e. The van der Waals surface area contributed by atoms with Crippen LogP contribution in [0.5, 0.6) is 0 Å². The lowest BCUT2D eigenvalue weighted by Gasteiger charge is -2.28. The fourth-order valence-corrected chi connectivity index (χ4v) is 7.48. The Morgan fingerprint density at radius 1 is 0.478 bits per heavy atom. The van der Waals surface area contributed by atoms with Crippen molar-refractivity contribution in [3.8, 4) is 0 Å². The summed E-state index contributed by atoms with van der Waals surface area (Å²) in [4.78, 5) is 37.8. The lowest BCUT2D eigenvalue weighted by atomic mass is 10.1. The largest absolute Gasteiger partial charge is 0.756 e. The monoisotopic (exact) mass is 956 g/mol. The summed E-state index contributed by atoms with van der Waals surface area (Å²) in [5.41, 5.74) is 0. The van der Waals surface area contributed by atoms with E-state index in [4.69, 9.17) is 18.5 Å². The summed E-state index contributed by atoms with van der Waals surface area (Å²) in [6.45, 7) is 4.07. The summed E-state index contributed by atoms with van der Waals surface area (Å²) >= 11 is 0. The first kappa shape index (κ1) is 63.9. The van der Waals surface area contributed by atoms with E-state index in [-0.39, 0.29) is 26.1 Å². The van der Waals surface area contributed by atoms with Crippen molar-refractivity contribution < 1.29 is 42.1 Å². The molecule has 10 heteroatoms. The summed E-state index contributed by atoms with van der Waals surface area (Å²) in [7, 11) is 1.14. The van der Waals surface area contributed by atoms with Gasteiger partial charge >= 0.3 is 11.9 Å².